The molecule has 2 atom stereocenters. The number of aromatic nitrogens is 3. The van der Waals surface area contributed by atoms with Crippen LogP contribution in [0.25, 0.3) is 0 Å². The normalized spacial score (nSPS) is 22.3. The minimum absolute atomic E-state index is 0.0908. The van der Waals surface area contributed by atoms with Gasteiger partial charge in [0.2, 0.25) is 0 Å². The fourth-order valence-corrected chi connectivity index (χ4v) is 4.60. The molecule has 2 unspecified atom stereocenters. The molecule has 4 rings (SSSR count). The molecule has 1 N–H and O–H groups in total. The molecule has 1 saturated carbocycles. The second-order valence-electron chi connectivity index (χ2n) is 8.98. The number of carbonyl (C=O) groups is 2. The lowest BCUT2D eigenvalue weighted by atomic mass is 9.63. The first kappa shape index (κ1) is 22.1. The SMILES string of the molecule is CCOC(=O)C1=C(COCc2cnc[nH]2)N=C2CC(C)(C)CC(=O)C2C1c1cccnc1. The highest BCUT2D eigenvalue weighted by Crippen LogP contribution is 2.46. The number of rotatable bonds is 7. The number of ether oxygens (including phenoxy) is 2. The molecule has 0 radical (unpaired) electrons. The number of esters is 1. The summed E-state index contributed by atoms with van der Waals surface area (Å²) >= 11 is 0. The number of hydrogen-bond donors (Lipinski definition) is 1. The van der Waals surface area contributed by atoms with Gasteiger partial charge in [0.25, 0.3) is 0 Å². The van der Waals surface area contributed by atoms with Crippen molar-refractivity contribution < 1.29 is 19.1 Å². The van der Waals surface area contributed by atoms with Gasteiger partial charge in [0.1, 0.15) is 5.78 Å². The van der Waals surface area contributed by atoms with Gasteiger partial charge in [0.15, 0.2) is 0 Å². The van der Waals surface area contributed by atoms with E-state index in [1.807, 2.05) is 12.1 Å². The van der Waals surface area contributed by atoms with Crippen LogP contribution in [0.1, 0.15) is 50.8 Å². The van der Waals surface area contributed by atoms with Crippen LogP contribution in [0.3, 0.4) is 0 Å². The summed E-state index contributed by atoms with van der Waals surface area (Å²) in [4.78, 5) is 42.5. The summed E-state index contributed by atoms with van der Waals surface area (Å²) in [6.45, 7) is 6.55. The van der Waals surface area contributed by atoms with Crippen molar-refractivity contribution in [2.45, 2.75) is 46.1 Å². The zero-order chi connectivity index (χ0) is 22.7. The Balaban J connectivity index is 1.78. The zero-order valence-electron chi connectivity index (χ0n) is 18.6. The number of pyridine rings is 1. The van der Waals surface area contributed by atoms with Crippen LogP contribution in [0, 0.1) is 11.3 Å². The summed E-state index contributed by atoms with van der Waals surface area (Å²) in [5, 5.41) is 0. The van der Waals surface area contributed by atoms with E-state index < -0.39 is 17.8 Å². The topological polar surface area (TPSA) is 107 Å². The number of aliphatic imine (C=N–C) groups is 1. The first-order valence-corrected chi connectivity index (χ1v) is 10.8. The second kappa shape index (κ2) is 9.16. The Labute approximate surface area is 187 Å². The third-order valence-electron chi connectivity index (χ3n) is 5.84. The Kier molecular flexibility index (Phi) is 6.32. The van der Waals surface area contributed by atoms with E-state index in [4.69, 9.17) is 14.5 Å². The Morgan fingerprint density at radius 1 is 1.19 bits per heavy atom. The molecule has 168 valence electrons. The van der Waals surface area contributed by atoms with Crippen molar-refractivity contribution in [3.8, 4) is 0 Å². The quantitative estimate of drug-likeness (QED) is 0.667. The number of ketones is 1. The molecule has 1 aliphatic heterocycles. The van der Waals surface area contributed by atoms with Crippen molar-refractivity contribution in [3.63, 3.8) is 0 Å². The highest BCUT2D eigenvalue weighted by molar-refractivity contribution is 6.12. The fraction of sp³-hybridized carbons (Fsp3) is 0.458. The molecule has 1 fully saturated rings. The lowest BCUT2D eigenvalue weighted by Gasteiger charge is -2.41. The smallest absolute Gasteiger partial charge is 0.336 e. The van der Waals surface area contributed by atoms with Crippen LogP contribution in [-0.4, -0.2) is 45.6 Å². The van der Waals surface area contributed by atoms with Crippen molar-refractivity contribution in [3.05, 3.63) is 59.6 Å². The Morgan fingerprint density at radius 2 is 2.03 bits per heavy atom. The predicted molar refractivity (Wildman–Crippen MR) is 118 cm³/mol. The van der Waals surface area contributed by atoms with Gasteiger partial charge in [-0.1, -0.05) is 19.9 Å². The lowest BCUT2D eigenvalue weighted by molar-refractivity contribution is -0.139. The molecule has 0 spiro atoms. The van der Waals surface area contributed by atoms with Gasteiger partial charge in [-0.3, -0.25) is 14.8 Å². The highest BCUT2D eigenvalue weighted by atomic mass is 16.5. The van der Waals surface area contributed by atoms with E-state index in [2.05, 4.69) is 28.8 Å². The molecule has 3 heterocycles. The number of imidazole rings is 1. The minimum Gasteiger partial charge on any atom is -0.463 e. The zero-order valence-corrected chi connectivity index (χ0v) is 18.6. The van der Waals surface area contributed by atoms with E-state index in [0.29, 0.717) is 30.7 Å². The van der Waals surface area contributed by atoms with E-state index in [1.54, 1.807) is 31.8 Å². The van der Waals surface area contributed by atoms with Gasteiger partial charge in [-0.05, 0) is 30.4 Å². The Morgan fingerprint density at radius 3 is 2.72 bits per heavy atom. The highest BCUT2D eigenvalue weighted by Gasteiger charge is 2.48. The Bertz CT molecular complexity index is 1040. The van der Waals surface area contributed by atoms with Gasteiger partial charge in [-0.2, -0.15) is 0 Å². The van der Waals surface area contributed by atoms with Crippen molar-refractivity contribution >= 4 is 17.5 Å². The van der Waals surface area contributed by atoms with Crippen LogP contribution in [0.15, 0.2) is 53.3 Å². The molecule has 2 aromatic rings. The van der Waals surface area contributed by atoms with Gasteiger partial charge in [-0.25, -0.2) is 9.78 Å². The molecule has 0 aromatic carbocycles. The van der Waals surface area contributed by atoms with Gasteiger partial charge < -0.3 is 14.5 Å². The van der Waals surface area contributed by atoms with Gasteiger partial charge in [0, 0.05) is 30.4 Å². The standard InChI is InChI=1S/C24H28N4O4/c1-4-32-23(30)22-18(13-31-12-16-11-26-14-27-16)28-17-8-24(2,3)9-19(29)21(17)20(22)15-6-5-7-25-10-15/h5-7,10-11,14,20-21H,4,8-9,12-13H2,1-3H3,(H,26,27). The molecular weight excluding hydrogens is 408 g/mol. The van der Waals surface area contributed by atoms with Gasteiger partial charge in [0.05, 0.1) is 55.2 Å². The number of carbonyl (C=O) groups excluding carboxylic acids is 2. The molecule has 0 bridgehead atoms. The monoisotopic (exact) mass is 436 g/mol. The molecule has 2 aromatic heterocycles. The van der Waals surface area contributed by atoms with Crippen LogP contribution >= 0.6 is 0 Å². The van der Waals surface area contributed by atoms with E-state index in [9.17, 15) is 9.59 Å². The molecule has 8 nitrogen and oxygen atoms in total. The number of nitrogens with one attached hydrogen (secondary N) is 1. The van der Waals surface area contributed by atoms with Gasteiger partial charge >= 0.3 is 5.97 Å². The minimum atomic E-state index is -0.497. The third kappa shape index (κ3) is 4.55. The number of Topliss-reactive ketones (excluding diaryl/α,β-unsaturated/α-hetero) is 1. The first-order valence-electron chi connectivity index (χ1n) is 10.8. The summed E-state index contributed by atoms with van der Waals surface area (Å²) in [7, 11) is 0. The molecule has 0 saturated heterocycles. The van der Waals surface area contributed by atoms with E-state index in [-0.39, 0.29) is 24.4 Å². The molecule has 8 heteroatoms. The van der Waals surface area contributed by atoms with Crippen LogP contribution < -0.4 is 0 Å². The second-order valence-corrected chi connectivity index (χ2v) is 8.98. The van der Waals surface area contributed by atoms with Crippen LogP contribution in [0.2, 0.25) is 0 Å². The van der Waals surface area contributed by atoms with Crippen molar-refractivity contribution in [1.82, 2.24) is 15.0 Å². The summed E-state index contributed by atoms with van der Waals surface area (Å²) in [5.41, 5.74) is 3.12. The number of nitrogens with zero attached hydrogens (tertiary/aromatic N) is 3. The van der Waals surface area contributed by atoms with Crippen molar-refractivity contribution in [1.29, 1.82) is 0 Å². The average Bonchev–Trinajstić information content (AvgIpc) is 3.26. The Hall–Kier alpha value is -3.13. The number of fused-ring (bicyclic) bond motifs is 1. The summed E-state index contributed by atoms with van der Waals surface area (Å²) in [5.74, 6) is -1.37. The molecule has 32 heavy (non-hydrogen) atoms. The van der Waals surface area contributed by atoms with E-state index in [1.165, 1.54) is 0 Å². The van der Waals surface area contributed by atoms with Crippen LogP contribution in [0.5, 0.6) is 0 Å². The molecule has 2 aliphatic rings. The first-order chi connectivity index (χ1) is 15.4. The number of H-pyrrole nitrogens is 1. The predicted octanol–water partition coefficient (Wildman–Crippen LogP) is 3.38. The average molecular weight is 437 g/mol. The summed E-state index contributed by atoms with van der Waals surface area (Å²) in [6, 6.07) is 3.71. The maximum absolute atomic E-state index is 13.3. The number of aromatic amines is 1. The third-order valence-corrected chi connectivity index (χ3v) is 5.84. The largest absolute Gasteiger partial charge is 0.463 e. The summed E-state index contributed by atoms with van der Waals surface area (Å²) < 4.78 is 11.3. The maximum Gasteiger partial charge on any atom is 0.336 e. The van der Waals surface area contributed by atoms with Crippen molar-refractivity contribution in [2.24, 2.45) is 16.3 Å². The molecule has 1 aliphatic carbocycles. The number of hydrogen-bond acceptors (Lipinski definition) is 7. The maximum atomic E-state index is 13.3. The van der Waals surface area contributed by atoms with E-state index >= 15 is 0 Å². The van der Waals surface area contributed by atoms with Crippen LogP contribution in [0.4, 0.5) is 0 Å². The van der Waals surface area contributed by atoms with Gasteiger partial charge in [-0.15, -0.1) is 0 Å². The van der Waals surface area contributed by atoms with Crippen LogP contribution in [-0.2, 0) is 25.7 Å². The molecule has 0 amide bonds. The summed E-state index contributed by atoms with van der Waals surface area (Å²) in [6.07, 6.45) is 7.78. The molecular formula is C24H28N4O4. The van der Waals surface area contributed by atoms with Crippen molar-refractivity contribution in [2.75, 3.05) is 13.2 Å². The van der Waals surface area contributed by atoms with E-state index in [0.717, 1.165) is 17.0 Å². The fourth-order valence-electron chi connectivity index (χ4n) is 4.60. The lowest BCUT2D eigenvalue weighted by Crippen LogP contribution is -2.44.